The number of aliphatic hydroxyl groups is 1. The number of ether oxygens (including phenoxy) is 2. The van der Waals surface area contributed by atoms with E-state index in [1.807, 2.05) is 12.3 Å². The number of nitrogens with one attached hydrogen (secondary N) is 2. The number of aliphatic hydroxyl groups excluding tert-OH is 1. The quantitative estimate of drug-likeness (QED) is 0.412. The monoisotopic (exact) mass is 439 g/mol. The molecule has 0 saturated carbocycles. The van der Waals surface area contributed by atoms with Crippen LogP contribution in [0.5, 0.6) is 11.5 Å². The number of imide groups is 1. The molecule has 1 heterocycles. The van der Waals surface area contributed by atoms with Crippen molar-refractivity contribution in [2.24, 2.45) is 0 Å². The Hall–Kier alpha value is -2.46. The third-order valence-corrected chi connectivity index (χ3v) is 5.47. The minimum atomic E-state index is -0.900. The van der Waals surface area contributed by atoms with Crippen LogP contribution in [-0.2, 0) is 16.0 Å². The smallest absolute Gasteiger partial charge is 0.324 e. The molecule has 1 aliphatic heterocycles. The van der Waals surface area contributed by atoms with Gasteiger partial charge in [-0.05, 0) is 42.5 Å². The normalized spacial score (nSPS) is 16.9. The van der Waals surface area contributed by atoms with Crippen LogP contribution in [0, 0.1) is 0 Å². The number of methoxy groups -OCH3 is 2. The highest BCUT2D eigenvalue weighted by molar-refractivity contribution is 7.98. The third-order valence-electron chi connectivity index (χ3n) is 4.82. The van der Waals surface area contributed by atoms with Gasteiger partial charge in [0.25, 0.3) is 5.91 Å². The zero-order chi connectivity index (χ0) is 22.1. The van der Waals surface area contributed by atoms with E-state index in [0.717, 1.165) is 16.2 Å². The number of hydrogen-bond acceptors (Lipinski definition) is 7. The lowest BCUT2D eigenvalue weighted by Gasteiger charge is -2.17. The van der Waals surface area contributed by atoms with Crippen LogP contribution in [0.3, 0.4) is 0 Å². The number of benzene rings is 1. The van der Waals surface area contributed by atoms with Crippen molar-refractivity contribution in [3.63, 3.8) is 0 Å². The highest BCUT2D eigenvalue weighted by Gasteiger charge is 2.38. The molecule has 2 atom stereocenters. The van der Waals surface area contributed by atoms with E-state index in [1.54, 1.807) is 31.0 Å². The summed E-state index contributed by atoms with van der Waals surface area (Å²) in [6.07, 6.45) is 2.86. The minimum absolute atomic E-state index is 0.160. The Bertz CT molecular complexity index is 760. The molecular formula is C20H29N3O6S. The molecular weight excluding hydrogens is 410 g/mol. The maximum atomic E-state index is 12.6. The van der Waals surface area contributed by atoms with E-state index in [4.69, 9.17) is 9.47 Å². The lowest BCUT2D eigenvalue weighted by atomic mass is 10.1. The number of carbonyl (C=O) groups excluding carboxylic acids is 3. The van der Waals surface area contributed by atoms with Crippen LogP contribution in [0.1, 0.15) is 18.4 Å². The van der Waals surface area contributed by atoms with Crippen molar-refractivity contribution in [1.82, 2.24) is 15.5 Å². The predicted molar refractivity (Wildman–Crippen MR) is 114 cm³/mol. The van der Waals surface area contributed by atoms with E-state index in [0.29, 0.717) is 24.3 Å². The molecule has 2 unspecified atom stereocenters. The van der Waals surface area contributed by atoms with Gasteiger partial charge in [-0.2, -0.15) is 11.8 Å². The molecule has 166 valence electrons. The summed E-state index contributed by atoms with van der Waals surface area (Å²) in [5, 5.41) is 14.6. The van der Waals surface area contributed by atoms with Gasteiger partial charge in [-0.15, -0.1) is 0 Å². The number of amides is 4. The first-order valence-electron chi connectivity index (χ1n) is 9.65. The Kier molecular flexibility index (Phi) is 9.25. The molecule has 4 amide bonds. The van der Waals surface area contributed by atoms with Gasteiger partial charge in [0.1, 0.15) is 6.04 Å². The molecule has 0 radical (unpaired) electrons. The van der Waals surface area contributed by atoms with E-state index in [-0.39, 0.29) is 31.5 Å². The molecule has 10 heteroatoms. The van der Waals surface area contributed by atoms with E-state index in [2.05, 4.69) is 10.6 Å². The fourth-order valence-electron chi connectivity index (χ4n) is 3.15. The molecule has 0 spiro atoms. The highest BCUT2D eigenvalue weighted by Crippen LogP contribution is 2.27. The van der Waals surface area contributed by atoms with Crippen LogP contribution in [0.2, 0.25) is 0 Å². The van der Waals surface area contributed by atoms with Gasteiger partial charge in [-0.25, -0.2) is 4.79 Å². The molecule has 0 bridgehead atoms. The van der Waals surface area contributed by atoms with Crippen LogP contribution >= 0.6 is 11.8 Å². The first-order chi connectivity index (χ1) is 14.4. The summed E-state index contributed by atoms with van der Waals surface area (Å²) in [5.41, 5.74) is 0.883. The average Bonchev–Trinajstić information content (AvgIpc) is 3.01. The van der Waals surface area contributed by atoms with E-state index < -0.39 is 18.0 Å². The van der Waals surface area contributed by atoms with Crippen molar-refractivity contribution in [2.75, 3.05) is 39.4 Å². The second kappa shape index (κ2) is 11.7. The zero-order valence-corrected chi connectivity index (χ0v) is 18.3. The summed E-state index contributed by atoms with van der Waals surface area (Å²) in [6.45, 7) is 0.0139. The van der Waals surface area contributed by atoms with E-state index in [1.165, 1.54) is 7.11 Å². The third kappa shape index (κ3) is 6.27. The van der Waals surface area contributed by atoms with Crippen molar-refractivity contribution in [3.8, 4) is 11.5 Å². The van der Waals surface area contributed by atoms with Gasteiger partial charge in [-0.3, -0.25) is 14.5 Å². The van der Waals surface area contributed by atoms with Crippen LogP contribution in [-0.4, -0.2) is 79.3 Å². The number of nitrogens with zero attached hydrogens (tertiary/aromatic N) is 1. The van der Waals surface area contributed by atoms with Crippen LogP contribution in [0.4, 0.5) is 4.79 Å². The van der Waals surface area contributed by atoms with Crippen LogP contribution in [0.15, 0.2) is 18.2 Å². The summed E-state index contributed by atoms with van der Waals surface area (Å²) >= 11 is 1.62. The van der Waals surface area contributed by atoms with Gasteiger partial charge < -0.3 is 25.2 Å². The van der Waals surface area contributed by atoms with Gasteiger partial charge in [-0.1, -0.05) is 6.07 Å². The van der Waals surface area contributed by atoms with Crippen molar-refractivity contribution >= 4 is 29.6 Å². The molecule has 3 N–H and O–H groups in total. The minimum Gasteiger partial charge on any atom is -0.493 e. The topological polar surface area (TPSA) is 117 Å². The first-order valence-corrected chi connectivity index (χ1v) is 11.0. The predicted octanol–water partition coefficient (Wildman–Crippen LogP) is 0.787. The van der Waals surface area contributed by atoms with Gasteiger partial charge in [0.15, 0.2) is 11.5 Å². The molecule has 9 nitrogen and oxygen atoms in total. The summed E-state index contributed by atoms with van der Waals surface area (Å²) in [4.78, 5) is 38.1. The number of carbonyl (C=O) groups is 3. The van der Waals surface area contributed by atoms with Crippen LogP contribution < -0.4 is 20.1 Å². The van der Waals surface area contributed by atoms with E-state index in [9.17, 15) is 19.5 Å². The van der Waals surface area contributed by atoms with E-state index >= 15 is 0 Å². The second-order valence-electron chi connectivity index (χ2n) is 6.86. The number of hydrogen-bond donors (Lipinski definition) is 3. The highest BCUT2D eigenvalue weighted by atomic mass is 32.2. The fourth-order valence-corrected chi connectivity index (χ4v) is 3.67. The second-order valence-corrected chi connectivity index (χ2v) is 7.85. The standard InChI is InChI=1S/C20H29N3O6S/c1-28-16-5-4-13(10-17(16)29-2)6-8-23-19(26)15(22-20(23)27)11-18(25)21-14(12-24)7-9-30-3/h4-5,10,14-15,24H,6-9,11-12H2,1-3H3,(H,21,25)(H,22,27). The van der Waals surface area contributed by atoms with Crippen molar-refractivity contribution in [3.05, 3.63) is 23.8 Å². The Balaban J connectivity index is 1.90. The molecule has 1 fully saturated rings. The number of thioether (sulfide) groups is 1. The molecule has 1 aliphatic rings. The molecule has 30 heavy (non-hydrogen) atoms. The summed E-state index contributed by atoms with van der Waals surface area (Å²) < 4.78 is 10.5. The van der Waals surface area contributed by atoms with Crippen molar-refractivity contribution < 1.29 is 29.0 Å². The Morgan fingerprint density at radius 1 is 1.30 bits per heavy atom. The molecule has 0 aliphatic carbocycles. The molecule has 1 saturated heterocycles. The summed E-state index contributed by atoms with van der Waals surface area (Å²) in [7, 11) is 3.09. The molecule has 0 aromatic heterocycles. The Labute approximate surface area is 180 Å². The first kappa shape index (κ1) is 23.8. The van der Waals surface area contributed by atoms with Gasteiger partial charge in [0.2, 0.25) is 5.91 Å². The average molecular weight is 440 g/mol. The van der Waals surface area contributed by atoms with Gasteiger partial charge >= 0.3 is 6.03 Å². The molecule has 2 rings (SSSR count). The number of rotatable bonds is 12. The van der Waals surface area contributed by atoms with Gasteiger partial charge in [0.05, 0.1) is 33.3 Å². The SMILES string of the molecule is COc1ccc(CCN2C(=O)NC(CC(=O)NC(CO)CCSC)C2=O)cc1OC. The lowest BCUT2D eigenvalue weighted by molar-refractivity contribution is -0.131. The maximum absolute atomic E-state index is 12.6. The van der Waals surface area contributed by atoms with Gasteiger partial charge in [0, 0.05) is 6.54 Å². The summed E-state index contributed by atoms with van der Waals surface area (Å²) in [5.74, 6) is 1.16. The fraction of sp³-hybridized carbons (Fsp3) is 0.550. The largest absolute Gasteiger partial charge is 0.493 e. The Morgan fingerprint density at radius 3 is 2.67 bits per heavy atom. The van der Waals surface area contributed by atoms with Crippen LogP contribution in [0.25, 0.3) is 0 Å². The molecule has 1 aromatic carbocycles. The maximum Gasteiger partial charge on any atom is 0.324 e. The summed E-state index contributed by atoms with van der Waals surface area (Å²) in [6, 6.07) is 3.63. The van der Waals surface area contributed by atoms with Crippen molar-refractivity contribution in [2.45, 2.75) is 31.3 Å². The zero-order valence-electron chi connectivity index (χ0n) is 17.5. The Morgan fingerprint density at radius 2 is 2.03 bits per heavy atom. The number of urea groups is 1. The molecule has 1 aromatic rings. The lowest BCUT2D eigenvalue weighted by Crippen LogP contribution is -2.42. The van der Waals surface area contributed by atoms with Crippen molar-refractivity contribution in [1.29, 1.82) is 0 Å².